The minimum atomic E-state index is -1.34. The predicted octanol–water partition coefficient (Wildman–Crippen LogP) is 4.47. The molecule has 0 aliphatic heterocycles. The van der Waals surface area contributed by atoms with Crippen molar-refractivity contribution < 1.29 is 0 Å². The number of benzene rings is 3. The average Bonchev–Trinajstić information content (AvgIpc) is 2.68. The molecular formula is C25H26N2Si. The molecule has 0 radical (unpaired) electrons. The van der Waals surface area contributed by atoms with Gasteiger partial charge in [0.25, 0.3) is 0 Å². The van der Waals surface area contributed by atoms with E-state index in [9.17, 15) is 0 Å². The molecule has 0 heterocycles. The molecule has 0 aromatic heterocycles. The van der Waals surface area contributed by atoms with E-state index in [1.165, 1.54) is 32.6 Å². The topological polar surface area (TPSA) is 52.0 Å². The highest BCUT2D eigenvalue weighted by Gasteiger charge is 2.33. The number of allylic oxidation sites excluding steroid dienone is 1. The second kappa shape index (κ2) is 5.69. The minimum absolute atomic E-state index is 0.627. The SMILES string of the molecule is C[Si](C)(C)c1ccc(C2(N)C=Cc3ccc4c5c(ccc2c35)CC=C4N)cc1. The van der Waals surface area contributed by atoms with Crippen LogP contribution in [0.2, 0.25) is 19.6 Å². The van der Waals surface area contributed by atoms with Crippen LogP contribution in [-0.2, 0) is 12.0 Å². The Kier molecular flexibility index (Phi) is 3.55. The van der Waals surface area contributed by atoms with E-state index in [1.807, 2.05) is 0 Å². The summed E-state index contributed by atoms with van der Waals surface area (Å²) in [7, 11) is -1.34. The first-order valence-corrected chi connectivity index (χ1v) is 13.4. The molecule has 2 aliphatic rings. The molecule has 0 fully saturated rings. The summed E-state index contributed by atoms with van der Waals surface area (Å²) in [6.45, 7) is 7.12. The molecule has 2 aliphatic carbocycles. The van der Waals surface area contributed by atoms with Gasteiger partial charge in [0.2, 0.25) is 0 Å². The Hall–Kier alpha value is -2.62. The van der Waals surface area contributed by atoms with Gasteiger partial charge in [-0.3, -0.25) is 0 Å². The van der Waals surface area contributed by atoms with Gasteiger partial charge in [-0.25, -0.2) is 0 Å². The second-order valence-corrected chi connectivity index (χ2v) is 14.2. The van der Waals surface area contributed by atoms with Crippen LogP contribution in [0.5, 0.6) is 0 Å². The van der Waals surface area contributed by atoms with Gasteiger partial charge in [0.1, 0.15) is 0 Å². The lowest BCUT2D eigenvalue weighted by molar-refractivity contribution is 0.688. The van der Waals surface area contributed by atoms with E-state index >= 15 is 0 Å². The van der Waals surface area contributed by atoms with Crippen molar-refractivity contribution in [3.05, 3.63) is 88.5 Å². The third-order valence-corrected chi connectivity index (χ3v) is 8.40. The molecular weight excluding hydrogens is 356 g/mol. The summed E-state index contributed by atoms with van der Waals surface area (Å²) in [5.74, 6) is 0. The second-order valence-electron chi connectivity index (χ2n) is 9.12. The maximum Gasteiger partial charge on any atom is 0.0862 e. The van der Waals surface area contributed by atoms with Crippen molar-refractivity contribution in [2.45, 2.75) is 31.6 Å². The fourth-order valence-electron chi connectivity index (χ4n) is 4.63. The molecule has 3 aromatic rings. The van der Waals surface area contributed by atoms with Gasteiger partial charge in [-0.05, 0) is 39.4 Å². The monoisotopic (exact) mass is 382 g/mol. The van der Waals surface area contributed by atoms with Crippen LogP contribution in [0, 0.1) is 0 Å². The Labute approximate surface area is 167 Å². The molecule has 0 saturated heterocycles. The molecule has 0 bridgehead atoms. The first-order chi connectivity index (χ1) is 13.3. The van der Waals surface area contributed by atoms with Crippen molar-refractivity contribution in [1.29, 1.82) is 0 Å². The molecule has 4 N–H and O–H groups in total. The predicted molar refractivity (Wildman–Crippen MR) is 123 cm³/mol. The van der Waals surface area contributed by atoms with Crippen LogP contribution in [-0.4, -0.2) is 8.07 Å². The molecule has 2 nitrogen and oxygen atoms in total. The largest absolute Gasteiger partial charge is 0.398 e. The lowest BCUT2D eigenvalue weighted by Crippen LogP contribution is -2.40. The van der Waals surface area contributed by atoms with Crippen molar-refractivity contribution in [2.24, 2.45) is 11.5 Å². The summed E-state index contributed by atoms with van der Waals surface area (Å²) in [4.78, 5) is 0. The van der Waals surface area contributed by atoms with E-state index in [-0.39, 0.29) is 0 Å². The van der Waals surface area contributed by atoms with Crippen molar-refractivity contribution in [1.82, 2.24) is 0 Å². The molecule has 28 heavy (non-hydrogen) atoms. The summed E-state index contributed by atoms with van der Waals surface area (Å²) >= 11 is 0. The fraction of sp³-hybridized carbons (Fsp3) is 0.200. The van der Waals surface area contributed by atoms with Crippen LogP contribution in [0.1, 0.15) is 27.8 Å². The summed E-state index contributed by atoms with van der Waals surface area (Å²) in [6, 6.07) is 17.7. The minimum Gasteiger partial charge on any atom is -0.398 e. The molecule has 1 atom stereocenters. The molecule has 140 valence electrons. The lowest BCUT2D eigenvalue weighted by atomic mass is 9.74. The Morgan fingerprint density at radius 2 is 1.64 bits per heavy atom. The highest BCUT2D eigenvalue weighted by Crippen LogP contribution is 2.43. The molecule has 1 unspecified atom stereocenters. The Morgan fingerprint density at radius 3 is 2.36 bits per heavy atom. The first kappa shape index (κ1) is 17.5. The first-order valence-electron chi connectivity index (χ1n) is 9.93. The highest BCUT2D eigenvalue weighted by atomic mass is 28.3. The van der Waals surface area contributed by atoms with Crippen molar-refractivity contribution in [3.8, 4) is 0 Å². The number of hydrogen-bond donors (Lipinski definition) is 2. The Bertz CT molecular complexity index is 1180. The lowest BCUT2D eigenvalue weighted by Gasteiger charge is -2.34. The molecule has 5 rings (SSSR count). The van der Waals surface area contributed by atoms with Gasteiger partial charge < -0.3 is 11.5 Å². The summed E-state index contributed by atoms with van der Waals surface area (Å²) in [5.41, 5.74) is 19.6. The van der Waals surface area contributed by atoms with Crippen LogP contribution in [0.25, 0.3) is 22.5 Å². The van der Waals surface area contributed by atoms with Gasteiger partial charge in [-0.1, -0.05) is 91.6 Å². The highest BCUT2D eigenvalue weighted by molar-refractivity contribution is 6.88. The normalized spacial score (nSPS) is 20.4. The van der Waals surface area contributed by atoms with Crippen LogP contribution < -0.4 is 16.7 Å². The van der Waals surface area contributed by atoms with Crippen LogP contribution >= 0.6 is 0 Å². The van der Waals surface area contributed by atoms with Gasteiger partial charge >= 0.3 is 0 Å². The fourth-order valence-corrected chi connectivity index (χ4v) is 5.79. The van der Waals surface area contributed by atoms with Crippen molar-refractivity contribution >= 4 is 35.8 Å². The standard InChI is InChI=1S/C25H26N2Si/c1-28(2,3)19-9-7-18(8-10-19)25(27)15-14-17-4-11-20-22(26)13-6-16-5-12-21(25)24(17)23(16)20/h4-5,7-15H,6,26-27H2,1-3H3. The molecule has 0 saturated carbocycles. The van der Waals surface area contributed by atoms with Crippen LogP contribution in [0.4, 0.5) is 0 Å². The van der Waals surface area contributed by atoms with Gasteiger partial charge in [-0.15, -0.1) is 0 Å². The summed E-state index contributed by atoms with van der Waals surface area (Å²) in [5, 5.41) is 3.98. The molecule has 0 amide bonds. The maximum absolute atomic E-state index is 7.08. The van der Waals surface area contributed by atoms with Crippen LogP contribution in [0.15, 0.2) is 60.7 Å². The Morgan fingerprint density at radius 1 is 0.893 bits per heavy atom. The van der Waals surface area contributed by atoms with E-state index in [4.69, 9.17) is 11.5 Å². The zero-order valence-corrected chi connectivity index (χ0v) is 17.7. The third-order valence-electron chi connectivity index (χ3n) is 6.33. The van der Waals surface area contributed by atoms with Crippen molar-refractivity contribution in [2.75, 3.05) is 0 Å². The van der Waals surface area contributed by atoms with E-state index in [2.05, 4.69) is 86.4 Å². The van der Waals surface area contributed by atoms with E-state index in [1.54, 1.807) is 0 Å². The van der Waals surface area contributed by atoms with Gasteiger partial charge in [-0.2, -0.15) is 0 Å². The molecule has 3 heteroatoms. The number of rotatable bonds is 2. The molecule has 0 spiro atoms. The van der Waals surface area contributed by atoms with Crippen LogP contribution in [0.3, 0.4) is 0 Å². The maximum atomic E-state index is 7.08. The smallest absolute Gasteiger partial charge is 0.0862 e. The quantitative estimate of drug-likeness (QED) is 0.643. The van der Waals surface area contributed by atoms with Gasteiger partial charge in [0.15, 0.2) is 0 Å². The van der Waals surface area contributed by atoms with E-state index in [0.29, 0.717) is 0 Å². The number of hydrogen-bond acceptors (Lipinski definition) is 2. The van der Waals surface area contributed by atoms with Crippen molar-refractivity contribution in [3.63, 3.8) is 0 Å². The summed E-state index contributed by atoms with van der Waals surface area (Å²) < 4.78 is 0. The average molecular weight is 383 g/mol. The van der Waals surface area contributed by atoms with Gasteiger partial charge in [0.05, 0.1) is 13.6 Å². The van der Waals surface area contributed by atoms with E-state index in [0.717, 1.165) is 23.2 Å². The molecule has 3 aromatic carbocycles. The Balaban J connectivity index is 1.75. The van der Waals surface area contributed by atoms with Gasteiger partial charge in [0, 0.05) is 11.3 Å². The van der Waals surface area contributed by atoms with E-state index < -0.39 is 13.6 Å². The zero-order chi connectivity index (χ0) is 19.7. The number of nitrogens with two attached hydrogens (primary N) is 2. The third kappa shape index (κ3) is 2.36. The summed E-state index contributed by atoms with van der Waals surface area (Å²) in [6.07, 6.45) is 7.32. The zero-order valence-electron chi connectivity index (χ0n) is 16.7.